The maximum Gasteiger partial charge on any atom is 0.339 e. The summed E-state index contributed by atoms with van der Waals surface area (Å²) in [4.78, 5) is 29.4. The molecular weight excluding hydrogens is 456 g/mol. The first-order valence-corrected chi connectivity index (χ1v) is 13.0. The minimum Gasteiger partial charge on any atom is -0.508 e. The van der Waals surface area contributed by atoms with Crippen molar-refractivity contribution in [2.75, 3.05) is 0 Å². The smallest absolute Gasteiger partial charge is 0.339 e. The van der Waals surface area contributed by atoms with E-state index in [2.05, 4.69) is 38.0 Å². The Morgan fingerprint density at radius 3 is 2.78 bits per heavy atom. The molecule has 2 aliphatic heterocycles. The molecule has 1 aromatic heterocycles. The SMILES string of the molecule is C[C@H]1CC[C@H]2C(C)(C)C(OC(=O)c3cccnc3)CC[C@]23Oc2c(c(O)cc4c2CNC4=O)C[C@]13C. The van der Waals surface area contributed by atoms with Gasteiger partial charge in [-0.3, -0.25) is 9.78 Å². The fraction of sp³-hybridized carbons (Fsp3) is 0.552. The first-order chi connectivity index (χ1) is 17.1. The molecule has 7 heteroatoms. The monoisotopic (exact) mass is 490 g/mol. The molecule has 4 aliphatic rings. The van der Waals surface area contributed by atoms with E-state index in [4.69, 9.17) is 9.47 Å². The molecule has 190 valence electrons. The lowest BCUT2D eigenvalue weighted by Crippen LogP contribution is -2.70. The number of benzene rings is 1. The molecule has 5 atom stereocenters. The van der Waals surface area contributed by atoms with Gasteiger partial charge in [-0.2, -0.15) is 0 Å². The van der Waals surface area contributed by atoms with Crippen molar-refractivity contribution in [2.45, 2.75) is 78.0 Å². The number of hydrogen-bond acceptors (Lipinski definition) is 6. The van der Waals surface area contributed by atoms with Crippen LogP contribution < -0.4 is 10.1 Å². The van der Waals surface area contributed by atoms with Crippen molar-refractivity contribution in [3.8, 4) is 11.5 Å². The zero-order valence-electron chi connectivity index (χ0n) is 21.4. The number of amides is 1. The van der Waals surface area contributed by atoms with Gasteiger partial charge in [0, 0.05) is 46.8 Å². The number of nitrogens with one attached hydrogen (secondary N) is 1. The van der Waals surface area contributed by atoms with Crippen molar-refractivity contribution in [1.29, 1.82) is 0 Å². The van der Waals surface area contributed by atoms with Crippen molar-refractivity contribution >= 4 is 11.9 Å². The molecule has 1 spiro atoms. The van der Waals surface area contributed by atoms with Crippen LogP contribution in [0.1, 0.15) is 85.2 Å². The number of aromatic nitrogens is 1. The standard InChI is InChI=1S/C29H34N2O5/c1-16-7-8-22-27(2,3)23(35-26(34)17-6-5-11-30-14-17)9-10-29(22)28(16,4)13-19-21(32)12-18-20(24(19)36-29)15-31-25(18)33/h5-6,11-12,14,16,22-23,32H,7-10,13,15H2,1-4H3,(H,31,33)/t16-,22-,23?,28+,29-/m0/s1. The van der Waals surface area contributed by atoms with Gasteiger partial charge in [-0.1, -0.05) is 27.7 Å². The summed E-state index contributed by atoms with van der Waals surface area (Å²) >= 11 is 0. The molecule has 1 unspecified atom stereocenters. The van der Waals surface area contributed by atoms with Crippen LogP contribution in [0, 0.1) is 22.7 Å². The summed E-state index contributed by atoms with van der Waals surface area (Å²) in [5.41, 5.74) is 1.61. The molecule has 1 aromatic carbocycles. The first-order valence-electron chi connectivity index (χ1n) is 13.0. The molecule has 2 aliphatic carbocycles. The molecule has 36 heavy (non-hydrogen) atoms. The largest absolute Gasteiger partial charge is 0.508 e. The van der Waals surface area contributed by atoms with Crippen LogP contribution in [0.3, 0.4) is 0 Å². The van der Waals surface area contributed by atoms with Gasteiger partial charge in [0.25, 0.3) is 5.91 Å². The Kier molecular flexibility index (Phi) is 4.99. The quantitative estimate of drug-likeness (QED) is 0.587. The summed E-state index contributed by atoms with van der Waals surface area (Å²) in [6, 6.07) is 5.08. The molecule has 2 fully saturated rings. The van der Waals surface area contributed by atoms with Crippen LogP contribution in [0.4, 0.5) is 0 Å². The Morgan fingerprint density at radius 1 is 1.22 bits per heavy atom. The van der Waals surface area contributed by atoms with Crippen molar-refractivity contribution in [2.24, 2.45) is 22.7 Å². The number of phenolic OH excluding ortho intramolecular Hbond substituents is 1. The van der Waals surface area contributed by atoms with Crippen molar-refractivity contribution in [3.63, 3.8) is 0 Å². The summed E-state index contributed by atoms with van der Waals surface area (Å²) in [7, 11) is 0. The van der Waals surface area contributed by atoms with Crippen LogP contribution >= 0.6 is 0 Å². The normalized spacial score (nSPS) is 33.8. The van der Waals surface area contributed by atoms with Gasteiger partial charge in [-0.25, -0.2) is 4.79 Å². The minimum atomic E-state index is -0.481. The van der Waals surface area contributed by atoms with Crippen LogP contribution in [0.2, 0.25) is 0 Å². The Balaban J connectivity index is 1.41. The van der Waals surface area contributed by atoms with E-state index in [9.17, 15) is 14.7 Å². The number of pyridine rings is 1. The van der Waals surface area contributed by atoms with E-state index in [-0.39, 0.29) is 40.5 Å². The molecule has 7 nitrogen and oxygen atoms in total. The van der Waals surface area contributed by atoms with Gasteiger partial charge in [-0.15, -0.1) is 0 Å². The number of esters is 1. The van der Waals surface area contributed by atoms with Crippen LogP contribution in [0.25, 0.3) is 0 Å². The Morgan fingerprint density at radius 2 is 2.03 bits per heavy atom. The molecule has 3 heterocycles. The summed E-state index contributed by atoms with van der Waals surface area (Å²) in [5, 5.41) is 13.8. The highest BCUT2D eigenvalue weighted by atomic mass is 16.5. The number of carbonyl (C=O) groups is 2. The van der Waals surface area contributed by atoms with Crippen LogP contribution in [-0.4, -0.2) is 33.7 Å². The zero-order chi connectivity index (χ0) is 25.5. The number of aromatic hydroxyl groups is 1. The van der Waals surface area contributed by atoms with E-state index < -0.39 is 5.60 Å². The van der Waals surface area contributed by atoms with Crippen molar-refractivity contribution in [3.05, 3.63) is 52.8 Å². The van der Waals surface area contributed by atoms with Gasteiger partial charge in [0.05, 0.1) is 11.1 Å². The Bertz CT molecular complexity index is 1260. The average Bonchev–Trinajstić information content (AvgIpc) is 3.22. The molecule has 0 radical (unpaired) electrons. The predicted molar refractivity (Wildman–Crippen MR) is 133 cm³/mol. The summed E-state index contributed by atoms with van der Waals surface area (Å²) in [5.74, 6) is 0.845. The fourth-order valence-electron chi connectivity index (χ4n) is 7.83. The summed E-state index contributed by atoms with van der Waals surface area (Å²) in [6.45, 7) is 9.42. The third kappa shape index (κ3) is 3.01. The topological polar surface area (TPSA) is 97.8 Å². The van der Waals surface area contributed by atoms with Crippen LogP contribution in [-0.2, 0) is 17.7 Å². The van der Waals surface area contributed by atoms with E-state index in [1.165, 1.54) is 0 Å². The second kappa shape index (κ2) is 7.70. The maximum absolute atomic E-state index is 13.0. The van der Waals surface area contributed by atoms with Gasteiger partial charge in [0.15, 0.2) is 0 Å². The predicted octanol–water partition coefficient (Wildman–Crippen LogP) is 4.80. The Labute approximate surface area is 211 Å². The van der Waals surface area contributed by atoms with E-state index in [1.54, 1.807) is 30.6 Å². The third-order valence-corrected chi connectivity index (χ3v) is 10.1. The highest BCUT2D eigenvalue weighted by molar-refractivity contribution is 6.00. The second-order valence-corrected chi connectivity index (χ2v) is 12.0. The van der Waals surface area contributed by atoms with Crippen molar-refractivity contribution in [1.82, 2.24) is 10.3 Å². The highest BCUT2D eigenvalue weighted by Crippen LogP contribution is 2.67. The number of rotatable bonds is 2. The minimum absolute atomic E-state index is 0.142. The zero-order valence-corrected chi connectivity index (χ0v) is 21.4. The van der Waals surface area contributed by atoms with Crippen molar-refractivity contribution < 1.29 is 24.2 Å². The lowest BCUT2D eigenvalue weighted by Gasteiger charge is -2.67. The van der Waals surface area contributed by atoms with Crippen LogP contribution in [0.5, 0.6) is 11.5 Å². The molecular formula is C29H34N2O5. The van der Waals surface area contributed by atoms with E-state index in [1.807, 2.05) is 0 Å². The first kappa shape index (κ1) is 23.3. The van der Waals surface area contributed by atoms with Crippen LogP contribution in [0.15, 0.2) is 30.6 Å². The van der Waals surface area contributed by atoms with E-state index in [0.29, 0.717) is 42.2 Å². The fourth-order valence-corrected chi connectivity index (χ4v) is 7.83. The van der Waals surface area contributed by atoms with E-state index in [0.717, 1.165) is 30.4 Å². The molecule has 2 saturated carbocycles. The molecule has 2 N–H and O–H groups in total. The number of fused-ring (bicyclic) bond motifs is 3. The van der Waals surface area contributed by atoms with Gasteiger partial charge in [-0.05, 0) is 56.2 Å². The number of ether oxygens (including phenoxy) is 2. The second-order valence-electron chi connectivity index (χ2n) is 12.0. The lowest BCUT2D eigenvalue weighted by atomic mass is 9.43. The molecule has 0 bridgehead atoms. The van der Waals surface area contributed by atoms with Gasteiger partial charge < -0.3 is 19.9 Å². The van der Waals surface area contributed by atoms with E-state index >= 15 is 0 Å². The Hall–Kier alpha value is -3.09. The molecule has 2 aromatic rings. The molecule has 0 saturated heterocycles. The summed E-state index contributed by atoms with van der Waals surface area (Å²) in [6.07, 6.45) is 7.08. The maximum atomic E-state index is 13.0. The number of nitrogens with zero attached hydrogens (tertiary/aromatic N) is 1. The van der Waals surface area contributed by atoms with Gasteiger partial charge in [0.1, 0.15) is 23.2 Å². The van der Waals surface area contributed by atoms with Gasteiger partial charge >= 0.3 is 5.97 Å². The van der Waals surface area contributed by atoms with Gasteiger partial charge in [0.2, 0.25) is 0 Å². The lowest BCUT2D eigenvalue weighted by molar-refractivity contribution is -0.233. The summed E-state index contributed by atoms with van der Waals surface area (Å²) < 4.78 is 13.3. The third-order valence-electron chi connectivity index (χ3n) is 10.1. The highest BCUT2D eigenvalue weighted by Gasteiger charge is 2.68. The number of hydrogen-bond donors (Lipinski definition) is 2. The molecule has 6 rings (SSSR count). The number of phenols is 1. The molecule has 1 amide bonds. The average molecular weight is 491 g/mol. The number of carbonyl (C=O) groups excluding carboxylic acids is 2.